The molecule has 3 aromatic rings. The van der Waals surface area contributed by atoms with Gasteiger partial charge in [0.15, 0.2) is 6.23 Å². The Kier molecular flexibility index (Phi) is 5.84. The average molecular weight is 452 g/mol. The lowest BCUT2D eigenvalue weighted by molar-refractivity contribution is -0.0138. The number of nitrogen functional groups attached to an aromatic ring is 1. The number of nitrogens with one attached hydrogen (secondary N) is 1. The Hall–Kier alpha value is -3.83. The highest BCUT2D eigenvalue weighted by Crippen LogP contribution is 2.30. The van der Waals surface area contributed by atoms with Crippen LogP contribution in [0.4, 0.5) is 11.6 Å². The van der Waals surface area contributed by atoms with Gasteiger partial charge in [-0.2, -0.15) is 10.1 Å². The highest BCUT2D eigenvalue weighted by atomic mass is 32.2. The number of hydrazone groups is 1. The van der Waals surface area contributed by atoms with Crippen LogP contribution in [-0.2, 0) is 14.8 Å². The van der Waals surface area contributed by atoms with Crippen LogP contribution < -0.4 is 10.5 Å². The topological polar surface area (TPSA) is 140 Å². The molecule has 10 nitrogen and oxygen atoms in total. The zero-order valence-electron chi connectivity index (χ0n) is 17.0. The van der Waals surface area contributed by atoms with Crippen molar-refractivity contribution in [2.24, 2.45) is 5.10 Å². The van der Waals surface area contributed by atoms with Gasteiger partial charge in [-0.25, -0.2) is 23.1 Å². The molecular formula is C21H20N6O4S. The number of rotatable bonds is 6. The second kappa shape index (κ2) is 8.73. The molecule has 0 bridgehead atoms. The maximum atomic E-state index is 12.9. The molecule has 32 heavy (non-hydrogen) atoms. The van der Waals surface area contributed by atoms with Gasteiger partial charge in [-0.15, -0.1) is 0 Å². The molecule has 2 aromatic carbocycles. The number of aromatic nitrogens is 2. The zero-order chi connectivity index (χ0) is 22.7. The van der Waals surface area contributed by atoms with E-state index in [1.807, 2.05) is 0 Å². The molecule has 4 rings (SSSR count). The standard InChI is InChI=1S/C21H20N6O4S/c1-31-20-18(13-25-27(20)19(28)15-3-7-16(22)8-4-15)14-5-9-17(10-6-14)32(29,30)26-21-23-11-2-12-24-21/h2-13,18,20H,22H2,1H3,(H,23,24,26). The Labute approximate surface area is 184 Å². The van der Waals surface area contributed by atoms with Crippen LogP contribution in [0.3, 0.4) is 0 Å². The minimum atomic E-state index is -3.85. The number of amides is 1. The van der Waals surface area contributed by atoms with Gasteiger partial charge < -0.3 is 10.5 Å². The molecule has 1 amide bonds. The summed E-state index contributed by atoms with van der Waals surface area (Å²) < 4.78 is 33.0. The smallest absolute Gasteiger partial charge is 0.276 e. The number of sulfonamides is 1. The molecule has 0 saturated heterocycles. The predicted molar refractivity (Wildman–Crippen MR) is 118 cm³/mol. The van der Waals surface area contributed by atoms with E-state index in [-0.39, 0.29) is 22.7 Å². The van der Waals surface area contributed by atoms with Gasteiger partial charge in [0.05, 0.1) is 10.8 Å². The molecule has 0 fully saturated rings. The summed E-state index contributed by atoms with van der Waals surface area (Å²) in [6, 6.07) is 14.3. The molecule has 2 atom stereocenters. The Bertz CT molecular complexity index is 1230. The number of nitrogens with zero attached hydrogens (tertiary/aromatic N) is 4. The van der Waals surface area contributed by atoms with Crippen molar-refractivity contribution < 1.29 is 17.9 Å². The van der Waals surface area contributed by atoms with Crippen LogP contribution >= 0.6 is 0 Å². The minimum absolute atomic E-state index is 0.0178. The van der Waals surface area contributed by atoms with Crippen molar-refractivity contribution in [1.29, 1.82) is 0 Å². The first-order chi connectivity index (χ1) is 15.4. The van der Waals surface area contributed by atoms with Crippen molar-refractivity contribution in [2.75, 3.05) is 17.6 Å². The summed E-state index contributed by atoms with van der Waals surface area (Å²) in [4.78, 5) is 20.6. The van der Waals surface area contributed by atoms with Crippen molar-refractivity contribution in [1.82, 2.24) is 15.0 Å². The van der Waals surface area contributed by atoms with Crippen molar-refractivity contribution in [3.05, 3.63) is 78.1 Å². The Morgan fingerprint density at radius 1 is 1.06 bits per heavy atom. The zero-order valence-corrected chi connectivity index (χ0v) is 17.8. The number of hydrogen-bond acceptors (Lipinski definition) is 8. The lowest BCUT2D eigenvalue weighted by Crippen LogP contribution is -2.37. The fraction of sp³-hybridized carbons (Fsp3) is 0.143. The largest absolute Gasteiger partial charge is 0.399 e. The first kappa shape index (κ1) is 21.4. The maximum absolute atomic E-state index is 12.9. The summed E-state index contributed by atoms with van der Waals surface area (Å²) in [6.45, 7) is 0. The summed E-state index contributed by atoms with van der Waals surface area (Å²) in [5.74, 6) is -0.725. The number of carbonyl (C=O) groups is 1. The molecule has 1 aliphatic rings. The highest BCUT2D eigenvalue weighted by molar-refractivity contribution is 7.92. The van der Waals surface area contributed by atoms with Crippen LogP contribution in [0.5, 0.6) is 0 Å². The monoisotopic (exact) mass is 452 g/mol. The summed E-state index contributed by atoms with van der Waals surface area (Å²) in [5.41, 5.74) is 7.40. The average Bonchev–Trinajstić information content (AvgIpc) is 3.24. The van der Waals surface area contributed by atoms with Crippen molar-refractivity contribution in [3.63, 3.8) is 0 Å². The molecule has 11 heteroatoms. The van der Waals surface area contributed by atoms with E-state index in [0.29, 0.717) is 11.3 Å². The van der Waals surface area contributed by atoms with E-state index >= 15 is 0 Å². The normalized spacial score (nSPS) is 18.0. The second-order valence-electron chi connectivity index (χ2n) is 6.94. The Balaban J connectivity index is 1.52. The van der Waals surface area contributed by atoms with Gasteiger partial charge >= 0.3 is 0 Å². The summed E-state index contributed by atoms with van der Waals surface area (Å²) in [5, 5.41) is 5.49. The van der Waals surface area contributed by atoms with Crippen LogP contribution in [0.2, 0.25) is 0 Å². The maximum Gasteiger partial charge on any atom is 0.276 e. The van der Waals surface area contributed by atoms with Crippen LogP contribution in [-0.4, -0.2) is 48.9 Å². The van der Waals surface area contributed by atoms with Crippen LogP contribution in [0.1, 0.15) is 21.8 Å². The van der Waals surface area contributed by atoms with Crippen LogP contribution in [0, 0.1) is 0 Å². The fourth-order valence-corrected chi connectivity index (χ4v) is 4.22. The molecule has 1 aliphatic heterocycles. The third-order valence-electron chi connectivity index (χ3n) is 4.87. The molecule has 0 spiro atoms. The number of nitrogens with two attached hydrogens (primary N) is 1. The predicted octanol–water partition coefficient (Wildman–Crippen LogP) is 2.06. The molecule has 0 saturated carbocycles. The van der Waals surface area contributed by atoms with E-state index in [9.17, 15) is 13.2 Å². The van der Waals surface area contributed by atoms with Crippen molar-refractivity contribution in [3.8, 4) is 0 Å². The molecule has 2 unspecified atom stereocenters. The van der Waals surface area contributed by atoms with E-state index in [0.717, 1.165) is 5.56 Å². The number of hydrogen-bond donors (Lipinski definition) is 2. The molecular weight excluding hydrogens is 432 g/mol. The number of carbonyl (C=O) groups excluding carboxylic acids is 1. The van der Waals surface area contributed by atoms with Gasteiger partial charge in [0.2, 0.25) is 5.95 Å². The van der Waals surface area contributed by atoms with E-state index in [1.165, 1.54) is 36.6 Å². The van der Waals surface area contributed by atoms with Gasteiger partial charge in [0.1, 0.15) is 0 Å². The second-order valence-corrected chi connectivity index (χ2v) is 8.62. The lowest BCUT2D eigenvalue weighted by Gasteiger charge is -2.25. The van der Waals surface area contributed by atoms with E-state index in [2.05, 4.69) is 19.8 Å². The number of benzene rings is 2. The molecule has 3 N–H and O–H groups in total. The van der Waals surface area contributed by atoms with Crippen LogP contribution in [0.15, 0.2) is 77.0 Å². The first-order valence-electron chi connectivity index (χ1n) is 9.55. The van der Waals surface area contributed by atoms with Gasteiger partial charge in [-0.05, 0) is 48.0 Å². The highest BCUT2D eigenvalue weighted by Gasteiger charge is 2.36. The molecule has 2 heterocycles. The van der Waals surface area contributed by atoms with Crippen LogP contribution in [0.25, 0.3) is 0 Å². The SMILES string of the molecule is COC1C(c2ccc(S(=O)(=O)Nc3ncccn3)cc2)C=NN1C(=O)c1ccc(N)cc1. The lowest BCUT2D eigenvalue weighted by atomic mass is 9.99. The van der Waals surface area contributed by atoms with E-state index in [4.69, 9.17) is 10.5 Å². The van der Waals surface area contributed by atoms with E-state index < -0.39 is 16.3 Å². The number of anilines is 2. The van der Waals surface area contributed by atoms with Crippen molar-refractivity contribution >= 4 is 33.8 Å². The Morgan fingerprint density at radius 3 is 2.34 bits per heavy atom. The van der Waals surface area contributed by atoms with Gasteiger partial charge in [0.25, 0.3) is 15.9 Å². The van der Waals surface area contributed by atoms with Gasteiger partial charge in [0, 0.05) is 37.0 Å². The first-order valence-corrected chi connectivity index (χ1v) is 11.0. The molecule has 1 aromatic heterocycles. The molecule has 0 aliphatic carbocycles. The van der Waals surface area contributed by atoms with Crippen molar-refractivity contribution in [2.45, 2.75) is 17.0 Å². The number of ether oxygens (including phenoxy) is 1. The Morgan fingerprint density at radius 2 is 1.72 bits per heavy atom. The summed E-state index contributed by atoms with van der Waals surface area (Å²) in [6.07, 6.45) is 3.80. The van der Waals surface area contributed by atoms with Gasteiger partial charge in [-0.3, -0.25) is 4.79 Å². The third kappa shape index (κ3) is 4.29. The fourth-order valence-electron chi connectivity index (χ4n) is 3.26. The number of methoxy groups -OCH3 is 1. The quantitative estimate of drug-likeness (QED) is 0.546. The van der Waals surface area contributed by atoms with E-state index in [1.54, 1.807) is 48.7 Å². The summed E-state index contributed by atoms with van der Waals surface area (Å²) >= 11 is 0. The minimum Gasteiger partial charge on any atom is -0.399 e. The van der Waals surface area contributed by atoms with Gasteiger partial charge in [-0.1, -0.05) is 12.1 Å². The molecule has 0 radical (unpaired) electrons. The third-order valence-corrected chi connectivity index (χ3v) is 6.22. The molecule has 164 valence electrons. The summed E-state index contributed by atoms with van der Waals surface area (Å²) in [7, 11) is -2.37.